The highest BCUT2D eigenvalue weighted by Crippen LogP contribution is 2.05. The van der Waals surface area contributed by atoms with Crippen LogP contribution in [0.4, 0.5) is 0 Å². The third-order valence-electron chi connectivity index (χ3n) is 2.08. The quantitative estimate of drug-likeness (QED) is 0.579. The molecule has 2 unspecified atom stereocenters. The third kappa shape index (κ3) is 3.67. The van der Waals surface area contributed by atoms with Crippen molar-refractivity contribution in [3.8, 4) is 0 Å². The van der Waals surface area contributed by atoms with Crippen LogP contribution in [0.1, 0.15) is 27.2 Å². The molecule has 0 saturated heterocycles. The molecule has 0 spiro atoms. The molecule has 0 aliphatic heterocycles. The summed E-state index contributed by atoms with van der Waals surface area (Å²) in [6, 6.07) is 0.614. The first kappa shape index (κ1) is 9.70. The van der Waals surface area contributed by atoms with Crippen molar-refractivity contribution in [1.29, 1.82) is 0 Å². The van der Waals surface area contributed by atoms with Gasteiger partial charge in [-0.15, -0.1) is 6.58 Å². The molecule has 0 saturated carbocycles. The van der Waals surface area contributed by atoms with Gasteiger partial charge in [-0.1, -0.05) is 26.3 Å². The van der Waals surface area contributed by atoms with Gasteiger partial charge in [-0.3, -0.25) is 0 Å². The SMILES string of the molecule is C=CCNC(C)C(C)CC. The fourth-order valence-electron chi connectivity index (χ4n) is 0.824. The first-order valence-electron chi connectivity index (χ1n) is 4.06. The molecule has 0 amide bonds. The highest BCUT2D eigenvalue weighted by atomic mass is 14.9. The fraction of sp³-hybridized carbons (Fsp3) is 0.778. The Bertz CT molecular complexity index is 88.7. The molecule has 0 aromatic rings. The van der Waals surface area contributed by atoms with Crippen molar-refractivity contribution >= 4 is 0 Å². The summed E-state index contributed by atoms with van der Waals surface area (Å²) in [6.45, 7) is 11.3. The van der Waals surface area contributed by atoms with Crippen molar-refractivity contribution in [2.24, 2.45) is 5.92 Å². The lowest BCUT2D eigenvalue weighted by molar-refractivity contribution is 0.404. The van der Waals surface area contributed by atoms with Gasteiger partial charge < -0.3 is 5.32 Å². The predicted molar refractivity (Wildman–Crippen MR) is 47.1 cm³/mol. The molecule has 60 valence electrons. The van der Waals surface area contributed by atoms with Gasteiger partial charge in [0.2, 0.25) is 0 Å². The Morgan fingerprint density at radius 1 is 1.50 bits per heavy atom. The zero-order valence-electron chi connectivity index (χ0n) is 7.35. The Labute approximate surface area is 64.5 Å². The topological polar surface area (TPSA) is 12.0 Å². The van der Waals surface area contributed by atoms with Gasteiger partial charge >= 0.3 is 0 Å². The second kappa shape index (κ2) is 5.48. The van der Waals surface area contributed by atoms with Crippen LogP contribution in [0.15, 0.2) is 12.7 Å². The summed E-state index contributed by atoms with van der Waals surface area (Å²) in [7, 11) is 0. The lowest BCUT2D eigenvalue weighted by Crippen LogP contribution is -2.31. The van der Waals surface area contributed by atoms with Gasteiger partial charge in [0.15, 0.2) is 0 Å². The first-order valence-corrected chi connectivity index (χ1v) is 4.06. The van der Waals surface area contributed by atoms with Crippen molar-refractivity contribution in [3.05, 3.63) is 12.7 Å². The van der Waals surface area contributed by atoms with E-state index in [-0.39, 0.29) is 0 Å². The Morgan fingerprint density at radius 3 is 2.50 bits per heavy atom. The van der Waals surface area contributed by atoms with E-state index in [1.807, 2.05) is 6.08 Å². The highest BCUT2D eigenvalue weighted by molar-refractivity contribution is 4.75. The van der Waals surface area contributed by atoms with Crippen molar-refractivity contribution < 1.29 is 0 Å². The van der Waals surface area contributed by atoms with Crippen LogP contribution in [0.2, 0.25) is 0 Å². The molecule has 0 aromatic heterocycles. The Hall–Kier alpha value is -0.300. The molecule has 1 N–H and O–H groups in total. The average Bonchev–Trinajstić information content (AvgIpc) is 1.98. The number of rotatable bonds is 5. The van der Waals surface area contributed by atoms with Crippen LogP contribution in [-0.2, 0) is 0 Å². The minimum absolute atomic E-state index is 0.614. The van der Waals surface area contributed by atoms with Crippen LogP contribution in [0.3, 0.4) is 0 Å². The molecule has 0 aliphatic carbocycles. The zero-order chi connectivity index (χ0) is 7.98. The van der Waals surface area contributed by atoms with E-state index in [0.29, 0.717) is 6.04 Å². The van der Waals surface area contributed by atoms with Gasteiger partial charge in [-0.25, -0.2) is 0 Å². The molecular weight excluding hydrogens is 122 g/mol. The van der Waals surface area contributed by atoms with E-state index in [1.54, 1.807) is 0 Å². The molecule has 10 heavy (non-hydrogen) atoms. The highest BCUT2D eigenvalue weighted by Gasteiger charge is 2.06. The summed E-state index contributed by atoms with van der Waals surface area (Å²) in [4.78, 5) is 0. The van der Waals surface area contributed by atoms with Gasteiger partial charge in [0.05, 0.1) is 0 Å². The smallest absolute Gasteiger partial charge is 0.0134 e. The largest absolute Gasteiger partial charge is 0.311 e. The van der Waals surface area contributed by atoms with Crippen LogP contribution in [0.5, 0.6) is 0 Å². The lowest BCUT2D eigenvalue weighted by Gasteiger charge is -2.18. The Balaban J connectivity index is 3.40. The number of nitrogens with one attached hydrogen (secondary N) is 1. The predicted octanol–water partition coefficient (Wildman–Crippen LogP) is 2.20. The van der Waals surface area contributed by atoms with Crippen molar-refractivity contribution in [2.75, 3.05) is 6.54 Å². The molecule has 0 aromatic carbocycles. The second-order valence-electron chi connectivity index (χ2n) is 2.87. The molecule has 1 heteroatoms. The molecular formula is C9H19N. The van der Waals surface area contributed by atoms with Crippen LogP contribution in [0.25, 0.3) is 0 Å². The van der Waals surface area contributed by atoms with Crippen molar-refractivity contribution in [1.82, 2.24) is 5.32 Å². The van der Waals surface area contributed by atoms with E-state index < -0.39 is 0 Å². The summed E-state index contributed by atoms with van der Waals surface area (Å²) in [5.41, 5.74) is 0. The van der Waals surface area contributed by atoms with Gasteiger partial charge in [-0.2, -0.15) is 0 Å². The van der Waals surface area contributed by atoms with E-state index in [0.717, 1.165) is 12.5 Å². The lowest BCUT2D eigenvalue weighted by atomic mass is 10.0. The molecule has 2 atom stereocenters. The first-order chi connectivity index (χ1) is 4.72. The minimum atomic E-state index is 0.614. The van der Waals surface area contributed by atoms with Gasteiger partial charge in [0.25, 0.3) is 0 Å². The fourth-order valence-corrected chi connectivity index (χ4v) is 0.824. The van der Waals surface area contributed by atoms with Crippen molar-refractivity contribution in [3.63, 3.8) is 0 Å². The van der Waals surface area contributed by atoms with Crippen molar-refractivity contribution in [2.45, 2.75) is 33.2 Å². The second-order valence-corrected chi connectivity index (χ2v) is 2.87. The summed E-state index contributed by atoms with van der Waals surface area (Å²) in [5.74, 6) is 0.764. The minimum Gasteiger partial charge on any atom is -0.311 e. The summed E-state index contributed by atoms with van der Waals surface area (Å²) < 4.78 is 0. The zero-order valence-corrected chi connectivity index (χ0v) is 7.35. The van der Waals surface area contributed by atoms with Gasteiger partial charge in [0.1, 0.15) is 0 Å². The maximum absolute atomic E-state index is 3.66. The summed E-state index contributed by atoms with van der Waals surface area (Å²) >= 11 is 0. The molecule has 0 fully saturated rings. The van der Waals surface area contributed by atoms with Crippen LogP contribution < -0.4 is 5.32 Å². The van der Waals surface area contributed by atoms with E-state index in [1.165, 1.54) is 6.42 Å². The molecule has 1 nitrogen and oxygen atoms in total. The van der Waals surface area contributed by atoms with E-state index in [9.17, 15) is 0 Å². The van der Waals surface area contributed by atoms with E-state index >= 15 is 0 Å². The third-order valence-corrected chi connectivity index (χ3v) is 2.08. The molecule has 0 radical (unpaired) electrons. The molecule has 0 bridgehead atoms. The molecule has 0 heterocycles. The van der Waals surface area contributed by atoms with Crippen LogP contribution >= 0.6 is 0 Å². The maximum Gasteiger partial charge on any atom is 0.0134 e. The number of hydrogen-bond acceptors (Lipinski definition) is 1. The summed E-state index contributed by atoms with van der Waals surface area (Å²) in [5, 5.41) is 3.36. The summed E-state index contributed by atoms with van der Waals surface area (Å²) in [6.07, 6.45) is 3.14. The monoisotopic (exact) mass is 141 g/mol. The standard InChI is InChI=1S/C9H19N/c1-5-7-10-9(4)8(3)6-2/h5,8-10H,1,6-7H2,2-4H3. The molecule has 0 rings (SSSR count). The normalized spacial score (nSPS) is 16.3. The Morgan fingerprint density at radius 2 is 2.10 bits per heavy atom. The van der Waals surface area contributed by atoms with Gasteiger partial charge in [0, 0.05) is 12.6 Å². The average molecular weight is 141 g/mol. The van der Waals surface area contributed by atoms with Crippen LogP contribution in [-0.4, -0.2) is 12.6 Å². The Kier molecular flexibility index (Phi) is 5.32. The number of hydrogen-bond donors (Lipinski definition) is 1. The van der Waals surface area contributed by atoms with E-state index in [2.05, 4.69) is 32.7 Å². The van der Waals surface area contributed by atoms with E-state index in [4.69, 9.17) is 0 Å². The maximum atomic E-state index is 3.66. The van der Waals surface area contributed by atoms with Gasteiger partial charge in [-0.05, 0) is 12.8 Å². The molecule has 0 aliphatic rings. The van der Waals surface area contributed by atoms with Crippen LogP contribution in [0, 0.1) is 5.92 Å².